The third-order valence-electron chi connectivity index (χ3n) is 14.2. The average Bonchev–Trinajstić information content (AvgIpc) is 3.79. The fourth-order valence-electron chi connectivity index (χ4n) is 10.8. The van der Waals surface area contributed by atoms with Crippen molar-refractivity contribution < 1.29 is 37.1 Å². The van der Waals surface area contributed by atoms with E-state index in [1.807, 2.05) is 109 Å². The number of pyridine rings is 4. The quantitative estimate of drug-likeness (QED) is 0.153. The largest absolute Gasteiger partial charge is 0.453 e. The predicted molar refractivity (Wildman–Crippen MR) is 279 cm³/mol. The molecule has 4 aliphatic heterocycles. The maximum atomic E-state index is 14.0. The van der Waals surface area contributed by atoms with Gasteiger partial charge in [-0.05, 0) is 58.3 Å². The number of fused-ring (bicyclic) bond motifs is 6. The molecule has 19 heteroatoms. The summed E-state index contributed by atoms with van der Waals surface area (Å²) < 4.78 is 35.4. The van der Waals surface area contributed by atoms with Gasteiger partial charge in [-0.25, -0.2) is 28.0 Å². The van der Waals surface area contributed by atoms with E-state index in [2.05, 4.69) is 14.7 Å². The molecule has 4 aromatic carbocycles. The number of carbonyl (C=O) groups excluding carboxylic acids is 4. The van der Waals surface area contributed by atoms with Crippen LogP contribution in [0.3, 0.4) is 0 Å². The van der Waals surface area contributed by atoms with E-state index in [-0.39, 0.29) is 37.3 Å². The van der Waals surface area contributed by atoms with Gasteiger partial charge in [0.2, 0.25) is 21.8 Å². The summed E-state index contributed by atoms with van der Waals surface area (Å²) in [6, 6.07) is 38.3. The van der Waals surface area contributed by atoms with E-state index in [9.17, 15) is 27.6 Å². The number of sulfonamides is 1. The third-order valence-corrected chi connectivity index (χ3v) is 14.8. The van der Waals surface area contributed by atoms with Gasteiger partial charge in [0.15, 0.2) is 0 Å². The molecule has 4 aromatic heterocycles. The second-order valence-corrected chi connectivity index (χ2v) is 20.5. The monoisotopic (exact) mass is 1010 g/mol. The Morgan fingerprint density at radius 2 is 1.01 bits per heavy atom. The van der Waals surface area contributed by atoms with Crippen molar-refractivity contribution in [3.63, 3.8) is 0 Å². The molecular formula is C55H48N10O8S. The van der Waals surface area contributed by atoms with Gasteiger partial charge in [0.25, 0.3) is 0 Å². The number of methoxy groups -OCH3 is 2. The predicted octanol–water partition coefficient (Wildman–Crippen LogP) is 7.28. The molecule has 0 bridgehead atoms. The van der Waals surface area contributed by atoms with Crippen LogP contribution in [0.5, 0.6) is 0 Å². The summed E-state index contributed by atoms with van der Waals surface area (Å²) in [5, 5.41) is 3.88. The van der Waals surface area contributed by atoms with Gasteiger partial charge in [-0.2, -0.15) is 0 Å². The molecule has 2 spiro atoms. The Hall–Kier alpha value is -8.97. The van der Waals surface area contributed by atoms with Crippen LogP contribution in [0, 0.1) is 0 Å². The van der Waals surface area contributed by atoms with Crippen LogP contribution in [0.15, 0.2) is 146 Å². The van der Waals surface area contributed by atoms with Crippen LogP contribution in [-0.2, 0) is 53.0 Å². The highest BCUT2D eigenvalue weighted by molar-refractivity contribution is 7.92. The van der Waals surface area contributed by atoms with E-state index < -0.39 is 33.0 Å². The van der Waals surface area contributed by atoms with E-state index in [4.69, 9.17) is 25.2 Å². The van der Waals surface area contributed by atoms with E-state index in [0.717, 1.165) is 78.3 Å². The number of nitrogen functional groups attached to an aromatic ring is 1. The lowest BCUT2D eigenvalue weighted by atomic mass is 9.75. The summed E-state index contributed by atoms with van der Waals surface area (Å²) in [4.78, 5) is 76.7. The molecule has 0 unspecified atom stereocenters. The van der Waals surface area contributed by atoms with Crippen molar-refractivity contribution in [3.05, 3.63) is 169 Å². The first-order valence-corrected chi connectivity index (χ1v) is 25.5. The molecule has 12 rings (SSSR count). The number of benzene rings is 4. The van der Waals surface area contributed by atoms with Crippen molar-refractivity contribution in [2.75, 3.05) is 66.9 Å². The highest BCUT2D eigenvalue weighted by Crippen LogP contribution is 2.50. The molecule has 0 atom stereocenters. The molecule has 372 valence electrons. The summed E-state index contributed by atoms with van der Waals surface area (Å²) in [6.07, 6.45) is 7.15. The number of nitrogens with zero attached hydrogens (tertiary/aromatic N) is 8. The highest BCUT2D eigenvalue weighted by Gasteiger charge is 2.61. The number of aromatic nitrogens is 4. The number of nitrogens with two attached hydrogens (primary N) is 1. The second-order valence-electron chi connectivity index (χ2n) is 18.7. The Labute approximate surface area is 425 Å². The normalized spacial score (nSPS) is 15.8. The van der Waals surface area contributed by atoms with Crippen molar-refractivity contribution in [1.82, 2.24) is 29.7 Å². The van der Waals surface area contributed by atoms with Gasteiger partial charge >= 0.3 is 12.2 Å². The average molecular weight is 1010 g/mol. The Morgan fingerprint density at radius 3 is 1.43 bits per heavy atom. The first-order chi connectivity index (χ1) is 35.7. The van der Waals surface area contributed by atoms with Crippen LogP contribution in [0.25, 0.3) is 43.8 Å². The molecule has 18 nitrogen and oxygen atoms in total. The number of hydrogen-bond acceptors (Lipinski definition) is 13. The SMILES string of the molecule is COC(=O)N1CC2(C1)C(=O)N(Cc1ncc3ccccc3c1-c1ccc(N)nc1)c1ccccc12.COC(=O)N1CC2(C1)C(=O)N(Cc1ncc3ccccc3c1-c1ccc(NS(C)(=O)=O)nc1)c1ccccc12. The number of hydrogen-bond donors (Lipinski definition) is 2. The van der Waals surface area contributed by atoms with Crippen LogP contribution in [0.1, 0.15) is 22.5 Å². The molecule has 8 aromatic rings. The molecule has 74 heavy (non-hydrogen) atoms. The van der Waals surface area contributed by atoms with Gasteiger partial charge in [0.1, 0.15) is 22.5 Å². The van der Waals surface area contributed by atoms with Gasteiger partial charge < -0.3 is 34.8 Å². The molecule has 2 fully saturated rings. The highest BCUT2D eigenvalue weighted by atomic mass is 32.2. The number of para-hydroxylation sites is 2. The lowest BCUT2D eigenvalue weighted by Gasteiger charge is -2.45. The van der Waals surface area contributed by atoms with E-state index in [0.29, 0.717) is 31.1 Å². The fourth-order valence-corrected chi connectivity index (χ4v) is 11.3. The molecule has 4 amide bonds. The summed E-state index contributed by atoms with van der Waals surface area (Å²) in [7, 11) is -0.789. The molecule has 0 radical (unpaired) electrons. The number of ether oxygens (including phenoxy) is 2. The number of carbonyl (C=O) groups is 4. The first-order valence-electron chi connectivity index (χ1n) is 23.6. The number of amides is 4. The van der Waals surface area contributed by atoms with Crippen molar-refractivity contribution >= 4 is 78.6 Å². The second kappa shape index (κ2) is 18.3. The Bertz CT molecular complexity index is 3700. The minimum atomic E-state index is -3.47. The summed E-state index contributed by atoms with van der Waals surface area (Å²) >= 11 is 0. The van der Waals surface area contributed by atoms with Crippen molar-refractivity contribution in [3.8, 4) is 22.3 Å². The van der Waals surface area contributed by atoms with E-state index in [1.165, 1.54) is 19.1 Å². The number of likely N-dealkylation sites (tertiary alicyclic amines) is 2. The zero-order valence-corrected chi connectivity index (χ0v) is 41.2. The van der Waals surface area contributed by atoms with Crippen LogP contribution >= 0.6 is 0 Å². The van der Waals surface area contributed by atoms with Crippen LogP contribution < -0.4 is 20.3 Å². The molecule has 4 aliphatic rings. The molecule has 2 saturated heterocycles. The molecule has 8 heterocycles. The van der Waals surface area contributed by atoms with Gasteiger partial charge in [-0.3, -0.25) is 24.3 Å². The van der Waals surface area contributed by atoms with Gasteiger partial charge in [0.05, 0.1) is 45.0 Å². The number of anilines is 4. The summed E-state index contributed by atoms with van der Waals surface area (Å²) in [5.74, 6) is 0.529. The molecule has 3 N–H and O–H groups in total. The van der Waals surface area contributed by atoms with Crippen molar-refractivity contribution in [1.29, 1.82) is 0 Å². The lowest BCUT2D eigenvalue weighted by molar-refractivity contribution is -0.129. The van der Waals surface area contributed by atoms with Gasteiger partial charge in [-0.15, -0.1) is 0 Å². The summed E-state index contributed by atoms with van der Waals surface area (Å²) in [5.41, 5.74) is 12.5. The molecule has 0 saturated carbocycles. The molecule has 0 aliphatic carbocycles. The smallest absolute Gasteiger partial charge is 0.409 e. The van der Waals surface area contributed by atoms with Crippen LogP contribution in [-0.4, -0.2) is 109 Å². The third kappa shape index (κ3) is 8.01. The minimum absolute atomic E-state index is 0.0322. The Kier molecular flexibility index (Phi) is 11.7. The van der Waals surface area contributed by atoms with E-state index >= 15 is 0 Å². The number of rotatable bonds is 8. The van der Waals surface area contributed by atoms with Crippen LogP contribution in [0.2, 0.25) is 0 Å². The standard InChI is InChI=1S/C28H25N5O5S.C27H23N5O3/c1-38-27(35)32-16-28(17-32)21-9-5-6-10-23(21)33(26(28)34)15-22-25(20-8-4-3-7-18(20)13-29-22)19-11-12-24(30-14-19)31-39(2,36)37;1-35-26(34)31-15-27(16-31)20-8-4-5-9-22(20)32(25(27)33)14-21-24(18-10-11-23(28)30-13-18)19-7-3-2-6-17(19)12-29-21/h3-14H,15-17H2,1-2H3,(H,30,31);2-13H,14-16H2,1H3,(H2,28,30). The van der Waals surface area contributed by atoms with Crippen molar-refractivity contribution in [2.24, 2.45) is 0 Å². The Morgan fingerprint density at radius 1 is 0.581 bits per heavy atom. The zero-order valence-electron chi connectivity index (χ0n) is 40.4. The topological polar surface area (TPSA) is 223 Å². The minimum Gasteiger partial charge on any atom is -0.453 e. The van der Waals surface area contributed by atoms with Gasteiger partial charge in [-0.1, -0.05) is 84.9 Å². The summed E-state index contributed by atoms with van der Waals surface area (Å²) in [6.45, 7) is 1.60. The molecular weight excluding hydrogens is 961 g/mol. The fraction of sp³-hybridized carbons (Fsp3) is 0.200. The first kappa shape index (κ1) is 47.4. The zero-order chi connectivity index (χ0) is 51.5. The number of nitrogens with one attached hydrogen (secondary N) is 1. The van der Waals surface area contributed by atoms with Gasteiger partial charge in [0, 0.05) is 95.4 Å². The lowest BCUT2D eigenvalue weighted by Crippen LogP contribution is -2.65. The maximum Gasteiger partial charge on any atom is 0.409 e. The van der Waals surface area contributed by atoms with E-state index in [1.54, 1.807) is 51.5 Å². The maximum absolute atomic E-state index is 14.0. The van der Waals surface area contributed by atoms with Crippen molar-refractivity contribution in [2.45, 2.75) is 23.9 Å². The van der Waals surface area contributed by atoms with Crippen LogP contribution in [0.4, 0.5) is 32.6 Å². The Balaban J connectivity index is 0.000000160.